The quantitative estimate of drug-likeness (QED) is 0.827. The van der Waals surface area contributed by atoms with Gasteiger partial charge in [0.1, 0.15) is 0 Å². The highest BCUT2D eigenvalue weighted by Gasteiger charge is 2.22. The molecule has 21 heavy (non-hydrogen) atoms. The molecule has 1 saturated heterocycles. The van der Waals surface area contributed by atoms with Crippen LogP contribution in [0.3, 0.4) is 0 Å². The summed E-state index contributed by atoms with van der Waals surface area (Å²) in [6, 6.07) is 5.56. The van der Waals surface area contributed by atoms with Gasteiger partial charge in [0.2, 0.25) is 0 Å². The van der Waals surface area contributed by atoms with Crippen LogP contribution in [-0.2, 0) is 4.79 Å². The number of carbonyl (C=O) groups is 2. The number of piperazine rings is 1. The maximum atomic E-state index is 11.6. The van der Waals surface area contributed by atoms with E-state index in [9.17, 15) is 9.59 Å². The summed E-state index contributed by atoms with van der Waals surface area (Å²) in [5.74, 6) is -1.23. The summed E-state index contributed by atoms with van der Waals surface area (Å²) >= 11 is 3.36. The molecule has 1 aliphatic rings. The van der Waals surface area contributed by atoms with Gasteiger partial charge in [0.15, 0.2) is 0 Å². The van der Waals surface area contributed by atoms with Crippen LogP contribution in [0, 0.1) is 0 Å². The molecule has 0 radical (unpaired) electrons. The number of halogens is 1. The van der Waals surface area contributed by atoms with Gasteiger partial charge in [0, 0.05) is 37.2 Å². The third-order valence-electron chi connectivity index (χ3n) is 3.59. The largest absolute Gasteiger partial charge is 0.481 e. The summed E-state index contributed by atoms with van der Waals surface area (Å²) in [5, 5.41) is 8.71. The van der Waals surface area contributed by atoms with Gasteiger partial charge in [-0.3, -0.25) is 14.5 Å². The second-order valence-electron chi connectivity index (χ2n) is 4.97. The van der Waals surface area contributed by atoms with E-state index < -0.39 is 11.9 Å². The van der Waals surface area contributed by atoms with Crippen LogP contribution >= 0.6 is 15.9 Å². The van der Waals surface area contributed by atoms with Crippen molar-refractivity contribution in [3.63, 3.8) is 0 Å². The van der Waals surface area contributed by atoms with Crippen LogP contribution in [0.4, 0.5) is 5.69 Å². The highest BCUT2D eigenvalue weighted by Crippen LogP contribution is 2.28. The third-order valence-corrected chi connectivity index (χ3v) is 4.25. The highest BCUT2D eigenvalue weighted by atomic mass is 79.9. The molecule has 0 spiro atoms. The molecule has 1 amide bonds. The van der Waals surface area contributed by atoms with Crippen molar-refractivity contribution in [2.75, 3.05) is 37.6 Å². The van der Waals surface area contributed by atoms with Gasteiger partial charge in [0.25, 0.3) is 5.91 Å². The molecule has 6 nitrogen and oxygen atoms in total. The number of primary amides is 1. The molecule has 0 aliphatic carbocycles. The number of nitrogens with zero attached hydrogens (tertiary/aromatic N) is 2. The molecule has 0 atom stereocenters. The number of rotatable bonds is 5. The first-order valence-electron chi connectivity index (χ1n) is 6.76. The Labute approximate surface area is 131 Å². The van der Waals surface area contributed by atoms with E-state index in [1.165, 1.54) is 0 Å². The van der Waals surface area contributed by atoms with Gasteiger partial charge in [-0.05, 0) is 28.1 Å². The van der Waals surface area contributed by atoms with Crippen molar-refractivity contribution in [3.8, 4) is 0 Å². The Morgan fingerprint density at radius 2 is 1.90 bits per heavy atom. The predicted octanol–water partition coefficient (Wildman–Crippen LogP) is 1.14. The van der Waals surface area contributed by atoms with E-state index in [0.29, 0.717) is 16.6 Å². The summed E-state index contributed by atoms with van der Waals surface area (Å²) in [7, 11) is 0. The maximum absolute atomic E-state index is 11.6. The fourth-order valence-electron chi connectivity index (χ4n) is 2.49. The van der Waals surface area contributed by atoms with Crippen LogP contribution in [0.25, 0.3) is 0 Å². The Hall–Kier alpha value is -1.60. The van der Waals surface area contributed by atoms with E-state index in [4.69, 9.17) is 10.8 Å². The van der Waals surface area contributed by atoms with Crippen LogP contribution in [0.5, 0.6) is 0 Å². The standard InChI is InChI=1S/C14H18BrN3O3/c15-10-2-1-3-11(13(10)14(16)21)18-8-6-17(7-9-18)5-4-12(19)20/h1-3H,4-9H2,(H2,16,21)(H,19,20). The normalized spacial score (nSPS) is 16.0. The number of aliphatic carboxylic acids is 1. The Balaban J connectivity index is 2.04. The van der Waals surface area contributed by atoms with Gasteiger partial charge < -0.3 is 15.7 Å². The van der Waals surface area contributed by atoms with Crippen molar-refractivity contribution in [1.82, 2.24) is 4.90 Å². The van der Waals surface area contributed by atoms with E-state index in [1.807, 2.05) is 12.1 Å². The van der Waals surface area contributed by atoms with Crippen LogP contribution in [0.15, 0.2) is 22.7 Å². The predicted molar refractivity (Wildman–Crippen MR) is 83.6 cm³/mol. The second-order valence-corrected chi connectivity index (χ2v) is 5.82. The summed E-state index contributed by atoms with van der Waals surface area (Å²) < 4.78 is 0.695. The molecule has 1 aromatic carbocycles. The van der Waals surface area contributed by atoms with Crippen LogP contribution in [-0.4, -0.2) is 54.6 Å². The van der Waals surface area contributed by atoms with E-state index >= 15 is 0 Å². The number of hydrogen-bond acceptors (Lipinski definition) is 4. The minimum Gasteiger partial charge on any atom is -0.481 e. The van der Waals surface area contributed by atoms with Gasteiger partial charge >= 0.3 is 5.97 Å². The number of amides is 1. The molecule has 2 rings (SSSR count). The third kappa shape index (κ3) is 3.95. The van der Waals surface area contributed by atoms with Crippen molar-refractivity contribution in [1.29, 1.82) is 0 Å². The molecule has 0 unspecified atom stereocenters. The second kappa shape index (κ2) is 6.91. The summed E-state index contributed by atoms with van der Waals surface area (Å²) in [6.45, 7) is 3.60. The average Bonchev–Trinajstić information content (AvgIpc) is 2.45. The number of carboxylic acids is 1. The van der Waals surface area contributed by atoms with Gasteiger partial charge in [-0.2, -0.15) is 0 Å². The van der Waals surface area contributed by atoms with E-state index in [1.54, 1.807) is 6.07 Å². The number of nitrogens with two attached hydrogens (primary N) is 1. The first kappa shape index (κ1) is 15.8. The Kier molecular flexibility index (Phi) is 5.19. The molecule has 1 fully saturated rings. The first-order chi connectivity index (χ1) is 9.99. The monoisotopic (exact) mass is 355 g/mol. The number of carbonyl (C=O) groups excluding carboxylic acids is 1. The van der Waals surface area contributed by atoms with Crippen LogP contribution in [0.2, 0.25) is 0 Å². The lowest BCUT2D eigenvalue weighted by Gasteiger charge is -2.36. The van der Waals surface area contributed by atoms with Crippen molar-refractivity contribution in [2.45, 2.75) is 6.42 Å². The average molecular weight is 356 g/mol. The van der Waals surface area contributed by atoms with Crippen LogP contribution < -0.4 is 10.6 Å². The molecule has 7 heteroatoms. The fourth-order valence-corrected chi connectivity index (χ4v) is 3.04. The summed E-state index contributed by atoms with van der Waals surface area (Å²) in [4.78, 5) is 26.4. The van der Waals surface area contributed by atoms with E-state index in [0.717, 1.165) is 31.9 Å². The Morgan fingerprint density at radius 3 is 2.48 bits per heavy atom. The molecular weight excluding hydrogens is 338 g/mol. The molecule has 114 valence electrons. The van der Waals surface area contributed by atoms with Crippen molar-refractivity contribution in [2.24, 2.45) is 5.73 Å². The number of carboxylic acid groups (broad SMARTS) is 1. The summed E-state index contributed by atoms with van der Waals surface area (Å²) in [6.07, 6.45) is 0.156. The Bertz CT molecular complexity index is 542. The lowest BCUT2D eigenvalue weighted by molar-refractivity contribution is -0.137. The lowest BCUT2D eigenvalue weighted by atomic mass is 10.1. The van der Waals surface area contributed by atoms with Crippen molar-refractivity contribution >= 4 is 33.5 Å². The zero-order valence-corrected chi connectivity index (χ0v) is 13.2. The minimum atomic E-state index is -0.777. The Morgan fingerprint density at radius 1 is 1.24 bits per heavy atom. The fraction of sp³-hybridized carbons (Fsp3) is 0.429. The zero-order chi connectivity index (χ0) is 15.4. The molecule has 1 aliphatic heterocycles. The van der Waals surface area contributed by atoms with Gasteiger partial charge in [-0.25, -0.2) is 0 Å². The van der Waals surface area contributed by atoms with E-state index in [2.05, 4.69) is 25.7 Å². The summed E-state index contributed by atoms with van der Waals surface area (Å²) in [5.41, 5.74) is 6.78. The first-order valence-corrected chi connectivity index (χ1v) is 7.55. The highest BCUT2D eigenvalue weighted by molar-refractivity contribution is 9.10. The maximum Gasteiger partial charge on any atom is 0.304 e. The molecule has 1 heterocycles. The minimum absolute atomic E-state index is 0.156. The molecule has 3 N–H and O–H groups in total. The number of hydrogen-bond donors (Lipinski definition) is 2. The van der Waals surface area contributed by atoms with Crippen LogP contribution in [0.1, 0.15) is 16.8 Å². The molecule has 0 aromatic heterocycles. The topological polar surface area (TPSA) is 86.9 Å². The molecule has 0 saturated carbocycles. The molecule has 0 bridgehead atoms. The number of anilines is 1. The molecular formula is C14H18BrN3O3. The van der Waals surface area contributed by atoms with Gasteiger partial charge in [0.05, 0.1) is 17.7 Å². The molecule has 1 aromatic rings. The number of benzene rings is 1. The van der Waals surface area contributed by atoms with Crippen molar-refractivity contribution in [3.05, 3.63) is 28.2 Å². The smallest absolute Gasteiger partial charge is 0.304 e. The lowest BCUT2D eigenvalue weighted by Crippen LogP contribution is -2.47. The SMILES string of the molecule is NC(=O)c1c(Br)cccc1N1CCN(CCC(=O)O)CC1. The van der Waals surface area contributed by atoms with Gasteiger partial charge in [-0.1, -0.05) is 6.07 Å². The zero-order valence-electron chi connectivity index (χ0n) is 11.6. The van der Waals surface area contributed by atoms with Gasteiger partial charge in [-0.15, -0.1) is 0 Å². The van der Waals surface area contributed by atoms with Crippen molar-refractivity contribution < 1.29 is 14.7 Å². The van der Waals surface area contributed by atoms with E-state index in [-0.39, 0.29) is 6.42 Å².